The van der Waals surface area contributed by atoms with Crippen molar-refractivity contribution in [2.75, 3.05) is 65.1 Å². The number of cyclic esters (lactones) is 1. The zero-order chi connectivity index (χ0) is 63.5. The van der Waals surface area contributed by atoms with Crippen molar-refractivity contribution in [2.24, 2.45) is 35.3 Å². The largest absolute Gasteiger partial charge is 0.459 e. The Bertz CT molecular complexity index is 2560. The number of aliphatic hydroxyl groups excluding tert-OH is 3. The maximum Gasteiger partial charge on any atom is 0.407 e. The summed E-state index contributed by atoms with van der Waals surface area (Å²) in [6.45, 7) is 15.7. The minimum atomic E-state index is -2.40. The lowest BCUT2D eigenvalue weighted by atomic mass is 9.80. The molecule has 1 aliphatic carbocycles. The number of fused-ring (bicyclic) bond motifs is 3. The first-order chi connectivity index (χ1) is 41.5. The summed E-state index contributed by atoms with van der Waals surface area (Å²) >= 11 is 0. The summed E-state index contributed by atoms with van der Waals surface area (Å²) in [6, 6.07) is -2.11. The zero-order valence-corrected chi connectivity index (χ0v) is 52.6. The van der Waals surface area contributed by atoms with Crippen molar-refractivity contribution in [2.45, 2.75) is 205 Å². The number of carbonyl (C=O) groups is 6. The predicted molar refractivity (Wildman–Crippen MR) is 323 cm³/mol. The molecule has 4 aliphatic heterocycles. The number of aromatic nitrogens is 2. The van der Waals surface area contributed by atoms with Gasteiger partial charge in [0.1, 0.15) is 36.2 Å². The molecule has 0 spiro atoms. The van der Waals surface area contributed by atoms with Gasteiger partial charge < -0.3 is 69.7 Å². The standard InChI is InChI=1S/C64H99N7O16/c1-10-84-29-23-55(73)69-25-27-70(28-26-69)62-66-36-46(37-67-62)38-68-63(80)86-51-22-20-45(33-54(51)83-9)32-48(65)53-35-50(72)41(4)31-43(6)57(75)58(76)56(74)42(5)30-39(2)16-12-11-13-17-40(3)52(82-8)34-47-21-19-44(7)64(81,87-47)59(77)60(78)71-24-15-14-18-49(71)61(79)85-53/h11-13,16-17,31,36-37,39,41-42,44-45,47-49,51-54,57-58,60,75-76,78,81H,10,14-15,18-30,32-35,38,65H2,1-9H3,(H,68,80)/b13-11+,16-12+,40-17+,43-31+/t39-,41-,42?,44-,45+,47+,48-,49+,51-,52+,53+,54-,57-,58+,60?,64-/m1/s1. The lowest BCUT2D eigenvalue weighted by molar-refractivity contribution is -0.275. The number of ketones is 3. The molecule has 5 heterocycles. The lowest BCUT2D eigenvalue weighted by Crippen LogP contribution is -2.62. The minimum Gasteiger partial charge on any atom is -0.459 e. The Kier molecular flexibility index (Phi) is 27.7. The Morgan fingerprint density at radius 3 is 2.26 bits per heavy atom. The van der Waals surface area contributed by atoms with E-state index in [1.807, 2.05) is 61.0 Å². The Morgan fingerprint density at radius 1 is 0.851 bits per heavy atom. The van der Waals surface area contributed by atoms with Crippen molar-refractivity contribution in [1.82, 2.24) is 25.1 Å². The maximum absolute atomic E-state index is 14.6. The summed E-state index contributed by atoms with van der Waals surface area (Å²) in [4.78, 5) is 96.8. The SMILES string of the molecule is CCOCCC(=O)N1CCN(c2ncc(CNC(=O)O[C@@H]3CC[C@@H](C[C@@H](N)[C@@H]4CC(=O)[C@H](C)/C=C(\C)[C@@H](O)[C@@H](O)C(=O)C(C)C[C@H](C)/C=C/C=C/C=C(\C)[C@@H](OC)C[C@@H]5CC[C@@H](C)[C@@](O)(O5)C(=O)C(O)N5CCCC[C@H]5C(=O)O4)C[C@H]3OC)cn2)CC1. The number of anilines is 1. The first-order valence-electron chi connectivity index (χ1n) is 31.4. The van der Waals surface area contributed by atoms with Gasteiger partial charge in [-0.15, -0.1) is 0 Å². The fraction of sp³-hybridized carbons (Fsp3) is 0.719. The van der Waals surface area contributed by atoms with Gasteiger partial charge in [0.2, 0.25) is 23.4 Å². The van der Waals surface area contributed by atoms with Crippen LogP contribution in [0, 0.1) is 29.6 Å². The molecule has 486 valence electrons. The number of hydrogen-bond donors (Lipinski definition) is 6. The molecule has 1 aromatic rings. The van der Waals surface area contributed by atoms with E-state index in [1.165, 1.54) is 25.0 Å². The van der Waals surface area contributed by atoms with E-state index in [-0.39, 0.29) is 55.7 Å². The number of nitrogens with zero attached hydrogens (tertiary/aromatic N) is 5. The highest BCUT2D eigenvalue weighted by atomic mass is 16.6. The number of esters is 1. The van der Waals surface area contributed by atoms with E-state index in [4.69, 9.17) is 34.2 Å². The molecular weight excluding hydrogens is 1120 g/mol. The van der Waals surface area contributed by atoms with Gasteiger partial charge in [0.05, 0.1) is 31.3 Å². The van der Waals surface area contributed by atoms with E-state index in [9.17, 15) is 49.2 Å². The van der Waals surface area contributed by atoms with Crippen molar-refractivity contribution in [3.05, 3.63) is 65.6 Å². The average Bonchev–Trinajstić information content (AvgIpc) is 1.65. The zero-order valence-electron chi connectivity index (χ0n) is 52.6. The number of carbonyl (C=O) groups excluding carboxylic acids is 6. The third-order valence-electron chi connectivity index (χ3n) is 18.1. The molecule has 23 heteroatoms. The van der Waals surface area contributed by atoms with Crippen molar-refractivity contribution in [3.63, 3.8) is 0 Å². The molecule has 1 saturated carbocycles. The predicted octanol–water partition coefficient (Wildman–Crippen LogP) is 4.81. The van der Waals surface area contributed by atoms with E-state index in [0.29, 0.717) is 115 Å². The van der Waals surface area contributed by atoms with Crippen LogP contribution in [0.1, 0.15) is 138 Å². The number of nitrogens with one attached hydrogen (secondary N) is 1. The van der Waals surface area contributed by atoms with Crippen LogP contribution in [0.4, 0.5) is 10.7 Å². The fourth-order valence-electron chi connectivity index (χ4n) is 12.5. The molecule has 1 aromatic heterocycles. The van der Waals surface area contributed by atoms with E-state index >= 15 is 0 Å². The van der Waals surface area contributed by atoms with Gasteiger partial charge in [0.15, 0.2) is 12.0 Å². The van der Waals surface area contributed by atoms with Crippen molar-refractivity contribution >= 4 is 41.3 Å². The first-order valence-corrected chi connectivity index (χ1v) is 31.4. The molecule has 6 rings (SSSR count). The molecule has 2 amide bonds. The van der Waals surface area contributed by atoms with Crippen LogP contribution in [-0.2, 0) is 58.9 Å². The van der Waals surface area contributed by atoms with Crippen molar-refractivity contribution in [3.8, 4) is 0 Å². The molecule has 87 heavy (non-hydrogen) atoms. The monoisotopic (exact) mass is 1220 g/mol. The molecule has 4 fully saturated rings. The summed E-state index contributed by atoms with van der Waals surface area (Å²) in [5, 5.41) is 49.3. The van der Waals surface area contributed by atoms with Crippen LogP contribution < -0.4 is 16.0 Å². The summed E-state index contributed by atoms with van der Waals surface area (Å²) in [6.07, 6.45) is 9.07. The number of hydrogen-bond acceptors (Lipinski definition) is 21. The number of Topliss-reactive ketones (excluding diaryl/α,β-unsaturated/α-hetero) is 3. The van der Waals surface area contributed by atoms with Gasteiger partial charge in [-0.25, -0.2) is 14.8 Å². The lowest BCUT2D eigenvalue weighted by Gasteiger charge is -2.45. The van der Waals surface area contributed by atoms with E-state index in [0.717, 1.165) is 5.57 Å². The number of allylic oxidation sites excluding steroid dienone is 6. The number of piperidine rings is 1. The van der Waals surface area contributed by atoms with Gasteiger partial charge in [-0.1, -0.05) is 70.6 Å². The van der Waals surface area contributed by atoms with E-state index < -0.39 is 114 Å². The van der Waals surface area contributed by atoms with Crippen LogP contribution in [0.15, 0.2) is 60.0 Å². The van der Waals surface area contributed by atoms with Gasteiger partial charge in [-0.05, 0) is 102 Å². The molecule has 16 atom stereocenters. The van der Waals surface area contributed by atoms with Crippen LogP contribution in [0.25, 0.3) is 0 Å². The summed E-state index contributed by atoms with van der Waals surface area (Å²) in [5.74, 6) is -7.06. The Hall–Kier alpha value is -5.34. The quantitative estimate of drug-likeness (QED) is 0.0877. The number of ether oxygens (including phenoxy) is 6. The van der Waals surface area contributed by atoms with E-state index in [2.05, 4.69) is 15.3 Å². The number of aliphatic hydroxyl groups is 4. The normalized spacial score (nSPS) is 35.1. The molecule has 0 aromatic carbocycles. The van der Waals surface area contributed by atoms with Crippen LogP contribution in [-0.4, -0.2) is 202 Å². The summed E-state index contributed by atoms with van der Waals surface area (Å²) in [5.41, 5.74) is 8.71. The molecule has 7 N–H and O–H groups in total. The van der Waals surface area contributed by atoms with Crippen LogP contribution in [0.5, 0.6) is 0 Å². The van der Waals surface area contributed by atoms with Crippen LogP contribution in [0.3, 0.4) is 0 Å². The van der Waals surface area contributed by atoms with Gasteiger partial charge in [-0.3, -0.25) is 28.9 Å². The van der Waals surface area contributed by atoms with Gasteiger partial charge in [0.25, 0.3) is 0 Å². The molecule has 5 aliphatic rings. The number of amides is 2. The second-order valence-corrected chi connectivity index (χ2v) is 24.6. The number of rotatable bonds is 13. The first kappa shape index (κ1) is 70.7. The highest BCUT2D eigenvalue weighted by Gasteiger charge is 2.53. The summed E-state index contributed by atoms with van der Waals surface area (Å²) in [7, 11) is 3.09. The topological polar surface area (TPSA) is 312 Å². The Morgan fingerprint density at radius 2 is 1.57 bits per heavy atom. The molecule has 0 radical (unpaired) electrons. The smallest absolute Gasteiger partial charge is 0.407 e. The average molecular weight is 1220 g/mol. The highest BCUT2D eigenvalue weighted by Crippen LogP contribution is 2.38. The minimum absolute atomic E-state index is 0.0560. The maximum atomic E-state index is 14.6. The second-order valence-electron chi connectivity index (χ2n) is 24.6. The van der Waals surface area contributed by atoms with E-state index in [1.54, 1.807) is 40.3 Å². The number of nitrogens with two attached hydrogens (primary N) is 1. The van der Waals surface area contributed by atoms with Crippen LogP contribution >= 0.6 is 0 Å². The molecule has 23 nitrogen and oxygen atoms in total. The highest BCUT2D eigenvalue weighted by molar-refractivity contribution is 5.90. The Balaban J connectivity index is 1.15. The summed E-state index contributed by atoms with van der Waals surface area (Å²) < 4.78 is 35.4. The molecular formula is C64H99N7O16. The van der Waals surface area contributed by atoms with Gasteiger partial charge in [0, 0.05) is 115 Å². The van der Waals surface area contributed by atoms with Crippen LogP contribution in [0.2, 0.25) is 0 Å². The third kappa shape index (κ3) is 19.8. The third-order valence-corrected chi connectivity index (χ3v) is 18.1. The number of alkyl carbamates (subject to hydrolysis) is 1. The van der Waals surface area contributed by atoms with Crippen molar-refractivity contribution < 1.29 is 77.6 Å². The van der Waals surface area contributed by atoms with Gasteiger partial charge >= 0.3 is 12.1 Å². The molecule has 2 unspecified atom stereocenters. The van der Waals surface area contributed by atoms with Gasteiger partial charge in [-0.2, -0.15) is 0 Å². The molecule has 3 saturated heterocycles. The fourth-order valence-corrected chi connectivity index (χ4v) is 12.5. The number of methoxy groups -OCH3 is 2. The Labute approximate surface area is 513 Å². The van der Waals surface area contributed by atoms with Crippen molar-refractivity contribution in [1.29, 1.82) is 0 Å². The molecule has 2 bridgehead atoms. The second kappa shape index (κ2) is 34.0. The number of piperazine rings is 1.